The summed E-state index contributed by atoms with van der Waals surface area (Å²) in [4.78, 5) is 10.8. The van der Waals surface area contributed by atoms with Gasteiger partial charge in [-0.25, -0.2) is 4.79 Å². The van der Waals surface area contributed by atoms with Crippen LogP contribution in [-0.2, 0) is 4.74 Å². The Hall–Kier alpha value is -0.730. The van der Waals surface area contributed by atoms with E-state index >= 15 is 0 Å². The molecule has 0 heterocycles. The summed E-state index contributed by atoms with van der Waals surface area (Å²) < 4.78 is 4.52. The van der Waals surface area contributed by atoms with Gasteiger partial charge in [0.1, 0.15) is 0 Å². The van der Waals surface area contributed by atoms with Crippen LogP contribution in [0.2, 0.25) is 0 Å². The van der Waals surface area contributed by atoms with Crippen molar-refractivity contribution < 1.29 is 9.53 Å². The van der Waals surface area contributed by atoms with Crippen LogP contribution in [0.1, 0.15) is 25.7 Å². The number of carbonyl (C=O) groups excluding carboxylic acids is 1. The number of ether oxygens (including phenoxy) is 1. The Labute approximate surface area is 72.5 Å². The van der Waals surface area contributed by atoms with Gasteiger partial charge in [-0.1, -0.05) is 0 Å². The van der Waals surface area contributed by atoms with Gasteiger partial charge < -0.3 is 10.1 Å². The molecule has 0 radical (unpaired) electrons. The lowest BCUT2D eigenvalue weighted by Gasteiger charge is -2.13. The largest absolute Gasteiger partial charge is 0.453 e. The van der Waals surface area contributed by atoms with Crippen LogP contribution in [0.5, 0.6) is 0 Å². The number of alkyl carbamates (subject to hydrolysis) is 1. The zero-order valence-corrected chi connectivity index (χ0v) is 7.43. The summed E-state index contributed by atoms with van der Waals surface area (Å²) in [6.45, 7) is 0.824. The third kappa shape index (κ3) is 1.40. The molecule has 2 saturated carbocycles. The molecule has 0 atom stereocenters. The second-order valence-corrected chi connectivity index (χ2v) is 3.98. The molecule has 2 fully saturated rings. The smallest absolute Gasteiger partial charge is 0.406 e. The van der Waals surface area contributed by atoms with Crippen molar-refractivity contribution in [1.82, 2.24) is 5.32 Å². The van der Waals surface area contributed by atoms with Gasteiger partial charge in [0, 0.05) is 6.54 Å². The standard InChI is InChI=1S/C9H15NO2/c1-12-8(11)10-6-9(4-5-9)7-2-3-7/h7H,2-6H2,1H3,(H,10,11). The van der Waals surface area contributed by atoms with Crippen LogP contribution in [-0.4, -0.2) is 19.7 Å². The third-order valence-corrected chi connectivity index (χ3v) is 3.11. The lowest BCUT2D eigenvalue weighted by Crippen LogP contribution is -2.30. The van der Waals surface area contributed by atoms with Crippen molar-refractivity contribution in [3.8, 4) is 0 Å². The molecule has 2 aliphatic rings. The molecular formula is C9H15NO2. The predicted molar refractivity (Wildman–Crippen MR) is 44.8 cm³/mol. The fourth-order valence-electron chi connectivity index (χ4n) is 1.91. The van der Waals surface area contributed by atoms with Crippen LogP contribution in [0.15, 0.2) is 0 Å². The van der Waals surface area contributed by atoms with E-state index in [4.69, 9.17) is 0 Å². The van der Waals surface area contributed by atoms with Crippen molar-refractivity contribution >= 4 is 6.09 Å². The average molecular weight is 169 g/mol. The number of amides is 1. The van der Waals surface area contributed by atoms with Crippen molar-refractivity contribution in [2.45, 2.75) is 25.7 Å². The van der Waals surface area contributed by atoms with Crippen LogP contribution in [0.4, 0.5) is 4.79 Å². The molecule has 12 heavy (non-hydrogen) atoms. The summed E-state index contributed by atoms with van der Waals surface area (Å²) in [5, 5.41) is 2.80. The molecule has 1 N–H and O–H groups in total. The summed E-state index contributed by atoms with van der Waals surface area (Å²) in [7, 11) is 1.41. The maximum Gasteiger partial charge on any atom is 0.406 e. The van der Waals surface area contributed by atoms with E-state index in [2.05, 4.69) is 10.1 Å². The van der Waals surface area contributed by atoms with Crippen LogP contribution in [0, 0.1) is 11.3 Å². The Bertz CT molecular complexity index is 195. The summed E-state index contributed by atoms with van der Waals surface area (Å²) in [5.41, 5.74) is 0.480. The van der Waals surface area contributed by atoms with E-state index < -0.39 is 0 Å². The number of hydrogen-bond donors (Lipinski definition) is 1. The van der Waals surface area contributed by atoms with Gasteiger partial charge in [-0.2, -0.15) is 0 Å². The Morgan fingerprint density at radius 2 is 2.25 bits per heavy atom. The lowest BCUT2D eigenvalue weighted by atomic mass is 10.0. The van der Waals surface area contributed by atoms with E-state index in [1.165, 1.54) is 32.8 Å². The van der Waals surface area contributed by atoms with E-state index in [0.29, 0.717) is 5.41 Å². The predicted octanol–water partition coefficient (Wildman–Crippen LogP) is 1.53. The molecule has 0 aromatic carbocycles. The van der Waals surface area contributed by atoms with Crippen LogP contribution in [0.3, 0.4) is 0 Å². The van der Waals surface area contributed by atoms with Crippen molar-refractivity contribution in [3.05, 3.63) is 0 Å². The van der Waals surface area contributed by atoms with Crippen molar-refractivity contribution in [3.63, 3.8) is 0 Å². The highest BCUT2D eigenvalue weighted by molar-refractivity contribution is 5.67. The Balaban J connectivity index is 1.75. The van der Waals surface area contributed by atoms with Crippen molar-refractivity contribution in [1.29, 1.82) is 0 Å². The lowest BCUT2D eigenvalue weighted by molar-refractivity contribution is 0.167. The molecule has 2 rings (SSSR count). The highest BCUT2D eigenvalue weighted by Gasteiger charge is 2.53. The fourth-order valence-corrected chi connectivity index (χ4v) is 1.91. The van der Waals surface area contributed by atoms with E-state index in [1.807, 2.05) is 0 Å². The van der Waals surface area contributed by atoms with Gasteiger partial charge in [-0.3, -0.25) is 0 Å². The van der Waals surface area contributed by atoms with Crippen LogP contribution in [0.25, 0.3) is 0 Å². The van der Waals surface area contributed by atoms with Gasteiger partial charge in [-0.15, -0.1) is 0 Å². The number of methoxy groups -OCH3 is 1. The Morgan fingerprint density at radius 1 is 1.58 bits per heavy atom. The van der Waals surface area contributed by atoms with Gasteiger partial charge in [0.15, 0.2) is 0 Å². The molecule has 0 aromatic rings. The van der Waals surface area contributed by atoms with Crippen molar-refractivity contribution in [2.75, 3.05) is 13.7 Å². The molecule has 0 unspecified atom stereocenters. The first kappa shape index (κ1) is 7.90. The van der Waals surface area contributed by atoms with E-state index in [0.717, 1.165) is 12.5 Å². The zero-order valence-electron chi connectivity index (χ0n) is 7.43. The second-order valence-electron chi connectivity index (χ2n) is 3.98. The maximum atomic E-state index is 10.8. The molecule has 0 aromatic heterocycles. The fraction of sp³-hybridized carbons (Fsp3) is 0.889. The highest BCUT2D eigenvalue weighted by Crippen LogP contribution is 2.60. The monoisotopic (exact) mass is 169 g/mol. The molecule has 2 aliphatic carbocycles. The number of carbonyl (C=O) groups is 1. The highest BCUT2D eigenvalue weighted by atomic mass is 16.5. The Morgan fingerprint density at radius 3 is 2.67 bits per heavy atom. The average Bonchev–Trinajstić information content (AvgIpc) is 2.88. The topological polar surface area (TPSA) is 38.3 Å². The van der Waals surface area contributed by atoms with Crippen LogP contribution >= 0.6 is 0 Å². The second kappa shape index (κ2) is 2.64. The normalized spacial score (nSPS) is 24.8. The van der Waals surface area contributed by atoms with Crippen LogP contribution < -0.4 is 5.32 Å². The molecule has 1 amide bonds. The summed E-state index contributed by atoms with van der Waals surface area (Å²) in [6.07, 6.45) is 5.02. The van der Waals surface area contributed by atoms with Crippen molar-refractivity contribution in [2.24, 2.45) is 11.3 Å². The molecule has 0 spiro atoms. The molecule has 68 valence electrons. The van der Waals surface area contributed by atoms with Gasteiger partial charge in [0.05, 0.1) is 7.11 Å². The first-order valence-corrected chi connectivity index (χ1v) is 4.59. The SMILES string of the molecule is COC(=O)NCC1(C2CC2)CC1. The first-order valence-electron chi connectivity index (χ1n) is 4.59. The number of nitrogens with one attached hydrogen (secondary N) is 1. The molecule has 0 bridgehead atoms. The van der Waals surface area contributed by atoms with E-state index in [1.54, 1.807) is 0 Å². The molecule has 0 saturated heterocycles. The van der Waals surface area contributed by atoms with Gasteiger partial charge in [0.25, 0.3) is 0 Å². The summed E-state index contributed by atoms with van der Waals surface area (Å²) in [6, 6.07) is 0. The quantitative estimate of drug-likeness (QED) is 0.695. The zero-order chi connectivity index (χ0) is 8.60. The molecule has 3 heteroatoms. The Kier molecular flexibility index (Phi) is 1.74. The summed E-state index contributed by atoms with van der Waals surface area (Å²) in [5.74, 6) is 0.898. The third-order valence-electron chi connectivity index (χ3n) is 3.11. The minimum absolute atomic E-state index is 0.290. The van der Waals surface area contributed by atoms with E-state index in [-0.39, 0.29) is 6.09 Å². The molecule has 3 nitrogen and oxygen atoms in total. The number of hydrogen-bond acceptors (Lipinski definition) is 2. The maximum absolute atomic E-state index is 10.8. The summed E-state index contributed by atoms with van der Waals surface area (Å²) >= 11 is 0. The van der Waals surface area contributed by atoms with Gasteiger partial charge in [0.2, 0.25) is 0 Å². The number of rotatable bonds is 3. The minimum atomic E-state index is -0.290. The molecular weight excluding hydrogens is 154 g/mol. The van der Waals surface area contributed by atoms with Gasteiger partial charge in [-0.05, 0) is 37.0 Å². The minimum Gasteiger partial charge on any atom is -0.453 e. The van der Waals surface area contributed by atoms with Gasteiger partial charge >= 0.3 is 6.09 Å². The van der Waals surface area contributed by atoms with E-state index in [9.17, 15) is 4.79 Å². The molecule has 0 aliphatic heterocycles. The first-order chi connectivity index (χ1) is 5.77.